The van der Waals surface area contributed by atoms with E-state index in [1.165, 1.54) is 0 Å². The Morgan fingerprint density at radius 1 is 0.909 bits per heavy atom. The molecule has 2 heterocycles. The predicted molar refractivity (Wildman–Crippen MR) is 84.3 cm³/mol. The highest BCUT2D eigenvalue weighted by Gasteiger charge is 2.07. The molecule has 4 rings (SSSR count). The third-order valence-electron chi connectivity index (χ3n) is 3.61. The summed E-state index contributed by atoms with van der Waals surface area (Å²) in [5.41, 5.74) is 2.25. The molecule has 0 amide bonds. The smallest absolute Gasteiger partial charge is 0.155 e. The Labute approximate surface area is 126 Å². The minimum Gasteiger partial charge on any atom is -0.454 e. The SMILES string of the molecule is ON=c1cc(-c2ccc3ccccc3n2)oc2ccccc12. The van der Waals surface area contributed by atoms with Gasteiger partial charge in [0.2, 0.25) is 0 Å². The molecule has 0 saturated carbocycles. The Morgan fingerprint density at radius 3 is 2.64 bits per heavy atom. The highest BCUT2D eigenvalue weighted by atomic mass is 16.4. The van der Waals surface area contributed by atoms with Crippen LogP contribution in [0.2, 0.25) is 0 Å². The minimum atomic E-state index is 0.465. The topological polar surface area (TPSA) is 58.6 Å². The monoisotopic (exact) mass is 288 g/mol. The van der Waals surface area contributed by atoms with Gasteiger partial charge in [0.25, 0.3) is 0 Å². The van der Waals surface area contributed by atoms with E-state index in [0.29, 0.717) is 22.4 Å². The van der Waals surface area contributed by atoms with Gasteiger partial charge >= 0.3 is 0 Å². The van der Waals surface area contributed by atoms with Crippen LogP contribution in [0.3, 0.4) is 0 Å². The first-order valence-corrected chi connectivity index (χ1v) is 6.92. The summed E-state index contributed by atoms with van der Waals surface area (Å²) >= 11 is 0. The quantitative estimate of drug-likeness (QED) is 0.426. The molecule has 0 fully saturated rings. The van der Waals surface area contributed by atoms with Gasteiger partial charge in [-0.05, 0) is 24.3 Å². The summed E-state index contributed by atoms with van der Waals surface area (Å²) in [6, 6.07) is 20.9. The van der Waals surface area contributed by atoms with Crippen LogP contribution in [0.5, 0.6) is 0 Å². The largest absolute Gasteiger partial charge is 0.454 e. The van der Waals surface area contributed by atoms with E-state index in [0.717, 1.165) is 16.3 Å². The third-order valence-corrected chi connectivity index (χ3v) is 3.61. The lowest BCUT2D eigenvalue weighted by molar-refractivity contribution is 0.302. The van der Waals surface area contributed by atoms with E-state index < -0.39 is 0 Å². The third kappa shape index (κ3) is 2.02. The number of nitrogens with zero attached hydrogens (tertiary/aromatic N) is 2. The minimum absolute atomic E-state index is 0.465. The van der Waals surface area contributed by atoms with Gasteiger partial charge in [-0.2, -0.15) is 0 Å². The number of rotatable bonds is 1. The van der Waals surface area contributed by atoms with E-state index in [1.807, 2.05) is 60.7 Å². The number of benzene rings is 2. The fourth-order valence-electron chi connectivity index (χ4n) is 2.53. The zero-order valence-corrected chi connectivity index (χ0v) is 11.6. The molecule has 2 aromatic carbocycles. The second-order valence-corrected chi connectivity index (χ2v) is 4.98. The summed E-state index contributed by atoms with van der Waals surface area (Å²) in [6.07, 6.45) is 0. The predicted octanol–water partition coefficient (Wildman–Crippen LogP) is 3.94. The van der Waals surface area contributed by atoms with Crippen molar-refractivity contribution in [3.63, 3.8) is 0 Å². The van der Waals surface area contributed by atoms with Gasteiger partial charge in [-0.15, -0.1) is 0 Å². The summed E-state index contributed by atoms with van der Waals surface area (Å²) in [4.78, 5) is 4.61. The highest BCUT2D eigenvalue weighted by molar-refractivity contribution is 5.82. The van der Waals surface area contributed by atoms with Crippen molar-refractivity contribution in [2.45, 2.75) is 0 Å². The van der Waals surface area contributed by atoms with Crippen molar-refractivity contribution in [2.75, 3.05) is 0 Å². The average Bonchev–Trinajstić information content (AvgIpc) is 2.60. The molecule has 0 aliphatic heterocycles. The van der Waals surface area contributed by atoms with Crippen molar-refractivity contribution in [3.05, 3.63) is 72.1 Å². The molecule has 1 N–H and O–H groups in total. The Hall–Kier alpha value is -3.14. The number of aromatic nitrogens is 1. The summed E-state index contributed by atoms with van der Waals surface area (Å²) in [7, 11) is 0. The van der Waals surface area contributed by atoms with E-state index in [9.17, 15) is 5.21 Å². The van der Waals surface area contributed by atoms with Crippen LogP contribution in [0, 0.1) is 0 Å². The van der Waals surface area contributed by atoms with Gasteiger partial charge in [0.15, 0.2) is 5.76 Å². The maximum Gasteiger partial charge on any atom is 0.155 e. The molecule has 0 unspecified atom stereocenters. The molecule has 0 spiro atoms. The maximum atomic E-state index is 9.24. The number of fused-ring (bicyclic) bond motifs is 2. The Bertz CT molecular complexity index is 1050. The Balaban J connectivity index is 1.99. The molecular formula is C18H12N2O2. The fraction of sp³-hybridized carbons (Fsp3) is 0. The normalized spacial score (nSPS) is 12.1. The van der Waals surface area contributed by atoms with E-state index in [-0.39, 0.29) is 0 Å². The van der Waals surface area contributed by atoms with Gasteiger partial charge in [0, 0.05) is 16.8 Å². The molecule has 2 aromatic heterocycles. The Kier molecular flexibility index (Phi) is 2.86. The number of hydrogen-bond acceptors (Lipinski definition) is 4. The van der Waals surface area contributed by atoms with Crippen molar-refractivity contribution in [2.24, 2.45) is 5.16 Å². The van der Waals surface area contributed by atoms with Gasteiger partial charge in [0.1, 0.15) is 16.6 Å². The van der Waals surface area contributed by atoms with Gasteiger partial charge in [-0.3, -0.25) is 0 Å². The van der Waals surface area contributed by atoms with Crippen LogP contribution in [0.25, 0.3) is 33.3 Å². The lowest BCUT2D eigenvalue weighted by Gasteiger charge is -2.05. The van der Waals surface area contributed by atoms with Crippen LogP contribution in [0.1, 0.15) is 0 Å². The molecule has 0 saturated heterocycles. The van der Waals surface area contributed by atoms with Gasteiger partial charge in [0.05, 0.1) is 5.52 Å². The molecule has 4 aromatic rings. The molecule has 0 radical (unpaired) electrons. The Morgan fingerprint density at radius 2 is 1.73 bits per heavy atom. The molecule has 106 valence electrons. The zero-order valence-electron chi connectivity index (χ0n) is 11.6. The van der Waals surface area contributed by atoms with E-state index in [2.05, 4.69) is 10.1 Å². The lowest BCUT2D eigenvalue weighted by atomic mass is 10.1. The van der Waals surface area contributed by atoms with Crippen LogP contribution in [0.4, 0.5) is 0 Å². The first-order chi connectivity index (χ1) is 10.8. The van der Waals surface area contributed by atoms with Crippen molar-refractivity contribution >= 4 is 21.9 Å². The average molecular weight is 288 g/mol. The number of para-hydroxylation sites is 2. The van der Waals surface area contributed by atoms with E-state index in [1.54, 1.807) is 6.07 Å². The van der Waals surface area contributed by atoms with Crippen LogP contribution < -0.4 is 5.36 Å². The molecule has 0 bridgehead atoms. The van der Waals surface area contributed by atoms with Crippen LogP contribution in [0.15, 0.2) is 76.3 Å². The first-order valence-electron chi connectivity index (χ1n) is 6.92. The standard InChI is InChI=1S/C18H12N2O2/c21-20-16-11-18(22-17-8-4-2-6-13(16)17)15-10-9-12-5-1-3-7-14(12)19-15/h1-11,21H. The second kappa shape index (κ2) is 5.00. The molecule has 22 heavy (non-hydrogen) atoms. The summed E-state index contributed by atoms with van der Waals surface area (Å²) in [6.45, 7) is 0. The number of hydrogen-bond donors (Lipinski definition) is 1. The van der Waals surface area contributed by atoms with Crippen LogP contribution in [-0.4, -0.2) is 10.2 Å². The molecule has 0 aliphatic carbocycles. The van der Waals surface area contributed by atoms with Gasteiger partial charge in [-0.1, -0.05) is 41.6 Å². The number of pyridine rings is 1. The van der Waals surface area contributed by atoms with Crippen LogP contribution in [-0.2, 0) is 0 Å². The summed E-state index contributed by atoms with van der Waals surface area (Å²) in [5, 5.41) is 14.9. The molecular weight excluding hydrogens is 276 g/mol. The van der Waals surface area contributed by atoms with Crippen molar-refractivity contribution in [1.82, 2.24) is 4.98 Å². The van der Waals surface area contributed by atoms with Crippen molar-refractivity contribution in [3.8, 4) is 11.5 Å². The highest BCUT2D eigenvalue weighted by Crippen LogP contribution is 2.23. The molecule has 4 nitrogen and oxygen atoms in total. The van der Waals surface area contributed by atoms with Gasteiger partial charge < -0.3 is 9.62 Å². The molecule has 0 atom stereocenters. The van der Waals surface area contributed by atoms with Crippen molar-refractivity contribution in [1.29, 1.82) is 0 Å². The van der Waals surface area contributed by atoms with E-state index in [4.69, 9.17) is 4.42 Å². The van der Waals surface area contributed by atoms with Crippen LogP contribution >= 0.6 is 0 Å². The van der Waals surface area contributed by atoms with E-state index >= 15 is 0 Å². The second-order valence-electron chi connectivity index (χ2n) is 4.98. The molecule has 0 aliphatic rings. The first kappa shape index (κ1) is 12.6. The maximum absolute atomic E-state index is 9.24. The summed E-state index contributed by atoms with van der Waals surface area (Å²) < 4.78 is 5.91. The lowest BCUT2D eigenvalue weighted by Crippen LogP contribution is -2.03. The van der Waals surface area contributed by atoms with Crippen molar-refractivity contribution < 1.29 is 9.62 Å². The van der Waals surface area contributed by atoms with Gasteiger partial charge in [-0.25, -0.2) is 4.98 Å². The summed E-state index contributed by atoms with van der Waals surface area (Å²) in [5.74, 6) is 0.567. The fourth-order valence-corrected chi connectivity index (χ4v) is 2.53. The zero-order chi connectivity index (χ0) is 14.9. The molecule has 4 heteroatoms.